The molecule has 1 heterocycles. The van der Waals surface area contributed by atoms with Crippen molar-refractivity contribution in [2.75, 3.05) is 26.4 Å². The standard InChI is InChI=1S/C24H27F2N3O4/c1-2-9-24(23(31)29-27-10-8-17-13-19(25)15-20(26)14-17)16-33-22(28-24)18-4-6-21(7-5-18)32-12-3-11-30/h2,4-7,13-15,27,30H,1,3,8-12,16H2,(H,29,31)/t24-/m0/s1. The topological polar surface area (TPSA) is 92.2 Å². The van der Waals surface area contributed by atoms with E-state index in [2.05, 4.69) is 22.4 Å². The third kappa shape index (κ3) is 6.59. The van der Waals surface area contributed by atoms with E-state index in [1.165, 1.54) is 12.1 Å². The van der Waals surface area contributed by atoms with Gasteiger partial charge in [-0.1, -0.05) is 6.08 Å². The highest BCUT2D eigenvalue weighted by Gasteiger charge is 2.43. The number of nitrogens with one attached hydrogen (secondary N) is 2. The first-order chi connectivity index (χ1) is 16.0. The minimum atomic E-state index is -1.18. The van der Waals surface area contributed by atoms with Crippen molar-refractivity contribution in [3.05, 3.63) is 77.9 Å². The molecule has 0 unspecified atom stereocenters. The van der Waals surface area contributed by atoms with Gasteiger partial charge in [-0.05, 0) is 48.4 Å². The van der Waals surface area contributed by atoms with Gasteiger partial charge >= 0.3 is 0 Å². The number of nitrogens with zero attached hydrogens (tertiary/aromatic N) is 1. The Hall–Kier alpha value is -3.30. The van der Waals surface area contributed by atoms with Crippen LogP contribution in [0.1, 0.15) is 24.0 Å². The van der Waals surface area contributed by atoms with Gasteiger partial charge in [-0.15, -0.1) is 6.58 Å². The summed E-state index contributed by atoms with van der Waals surface area (Å²) in [5, 5.41) is 8.83. The van der Waals surface area contributed by atoms with Gasteiger partial charge in [0.1, 0.15) is 24.0 Å². The molecule has 3 N–H and O–H groups in total. The third-order valence-corrected chi connectivity index (χ3v) is 5.00. The molecule has 0 radical (unpaired) electrons. The van der Waals surface area contributed by atoms with Crippen molar-refractivity contribution in [2.24, 2.45) is 4.99 Å². The molecule has 0 aliphatic carbocycles. The number of aliphatic hydroxyl groups excluding tert-OH is 1. The molecule has 2 aromatic rings. The van der Waals surface area contributed by atoms with Crippen LogP contribution in [0.4, 0.5) is 8.78 Å². The van der Waals surface area contributed by atoms with Crippen LogP contribution in [0.25, 0.3) is 0 Å². The van der Waals surface area contributed by atoms with Crippen LogP contribution < -0.4 is 15.6 Å². The normalized spacial score (nSPS) is 17.2. The molecule has 0 saturated carbocycles. The fraction of sp³-hybridized carbons (Fsp3) is 0.333. The van der Waals surface area contributed by atoms with E-state index >= 15 is 0 Å². The number of hydrogen-bond donors (Lipinski definition) is 3. The molecule has 33 heavy (non-hydrogen) atoms. The zero-order valence-electron chi connectivity index (χ0n) is 18.2. The second kappa shape index (κ2) is 11.5. The maximum absolute atomic E-state index is 13.3. The zero-order valence-corrected chi connectivity index (χ0v) is 18.2. The summed E-state index contributed by atoms with van der Waals surface area (Å²) in [6.45, 7) is 4.52. The molecule has 0 spiro atoms. The number of aliphatic hydroxyl groups is 1. The molecule has 1 amide bonds. The first-order valence-corrected chi connectivity index (χ1v) is 10.6. The van der Waals surface area contributed by atoms with Crippen LogP contribution in [0.3, 0.4) is 0 Å². The van der Waals surface area contributed by atoms with Crippen molar-refractivity contribution in [1.82, 2.24) is 10.9 Å². The van der Waals surface area contributed by atoms with Gasteiger partial charge in [0.2, 0.25) is 5.90 Å². The van der Waals surface area contributed by atoms with Crippen molar-refractivity contribution in [3.63, 3.8) is 0 Å². The predicted octanol–water partition coefficient (Wildman–Crippen LogP) is 2.68. The Labute approximate surface area is 191 Å². The van der Waals surface area contributed by atoms with Gasteiger partial charge in [-0.25, -0.2) is 19.2 Å². The van der Waals surface area contributed by atoms with Crippen LogP contribution in [0.5, 0.6) is 5.75 Å². The van der Waals surface area contributed by atoms with E-state index in [1.807, 2.05) is 0 Å². The van der Waals surface area contributed by atoms with Gasteiger partial charge in [0.25, 0.3) is 5.91 Å². The van der Waals surface area contributed by atoms with E-state index in [1.54, 1.807) is 30.3 Å². The van der Waals surface area contributed by atoms with Crippen LogP contribution in [-0.4, -0.2) is 48.8 Å². The summed E-state index contributed by atoms with van der Waals surface area (Å²) in [5.74, 6) is -0.693. The summed E-state index contributed by atoms with van der Waals surface area (Å²) >= 11 is 0. The number of hydrazine groups is 1. The number of carbonyl (C=O) groups excluding carboxylic acids is 1. The average Bonchev–Trinajstić information content (AvgIpc) is 3.22. The van der Waals surface area contributed by atoms with E-state index in [4.69, 9.17) is 14.6 Å². The van der Waals surface area contributed by atoms with Gasteiger partial charge < -0.3 is 14.6 Å². The van der Waals surface area contributed by atoms with Gasteiger partial charge in [0, 0.05) is 37.6 Å². The van der Waals surface area contributed by atoms with Crippen molar-refractivity contribution < 1.29 is 28.2 Å². The molecule has 0 aromatic heterocycles. The summed E-state index contributed by atoms with van der Waals surface area (Å²) < 4.78 is 37.8. The zero-order chi connectivity index (χ0) is 23.7. The molecule has 1 atom stereocenters. The lowest BCUT2D eigenvalue weighted by molar-refractivity contribution is -0.127. The fourth-order valence-corrected chi connectivity index (χ4v) is 3.32. The molecule has 0 saturated heterocycles. The van der Waals surface area contributed by atoms with E-state index < -0.39 is 23.1 Å². The van der Waals surface area contributed by atoms with Gasteiger partial charge in [-0.3, -0.25) is 10.2 Å². The van der Waals surface area contributed by atoms with Crippen LogP contribution >= 0.6 is 0 Å². The van der Waals surface area contributed by atoms with Crippen molar-refractivity contribution in [2.45, 2.75) is 24.8 Å². The maximum Gasteiger partial charge on any atom is 0.266 e. The molecule has 2 aromatic carbocycles. The lowest BCUT2D eigenvalue weighted by Gasteiger charge is -2.21. The monoisotopic (exact) mass is 459 g/mol. The Morgan fingerprint density at radius 2 is 1.97 bits per heavy atom. The molecular weight excluding hydrogens is 432 g/mol. The van der Waals surface area contributed by atoms with E-state index in [0.717, 1.165) is 6.07 Å². The highest BCUT2D eigenvalue weighted by atomic mass is 19.1. The van der Waals surface area contributed by atoms with E-state index in [-0.39, 0.29) is 26.2 Å². The maximum atomic E-state index is 13.3. The van der Waals surface area contributed by atoms with Gasteiger partial charge in [0.05, 0.1) is 6.61 Å². The summed E-state index contributed by atoms with van der Waals surface area (Å²) in [5.41, 5.74) is 5.39. The van der Waals surface area contributed by atoms with Crippen molar-refractivity contribution in [1.29, 1.82) is 0 Å². The molecule has 0 bridgehead atoms. The van der Waals surface area contributed by atoms with Gasteiger partial charge in [0.15, 0.2) is 5.54 Å². The van der Waals surface area contributed by atoms with Crippen LogP contribution in [0.15, 0.2) is 60.1 Å². The number of hydrogen-bond acceptors (Lipinski definition) is 6. The van der Waals surface area contributed by atoms with E-state index in [9.17, 15) is 13.6 Å². The van der Waals surface area contributed by atoms with Crippen LogP contribution in [-0.2, 0) is 16.0 Å². The molecule has 1 aliphatic heterocycles. The molecule has 3 rings (SSSR count). The Balaban J connectivity index is 1.59. The first-order valence-electron chi connectivity index (χ1n) is 10.6. The second-order valence-electron chi connectivity index (χ2n) is 7.59. The number of rotatable bonds is 12. The quantitative estimate of drug-likeness (QED) is 0.258. The summed E-state index contributed by atoms with van der Waals surface area (Å²) in [7, 11) is 0. The van der Waals surface area contributed by atoms with Crippen LogP contribution in [0.2, 0.25) is 0 Å². The third-order valence-electron chi connectivity index (χ3n) is 5.00. The Kier molecular flexibility index (Phi) is 8.51. The molecule has 176 valence electrons. The Bertz CT molecular complexity index is 977. The average molecular weight is 459 g/mol. The lowest BCUT2D eigenvalue weighted by Crippen LogP contribution is -2.51. The predicted molar refractivity (Wildman–Crippen MR) is 120 cm³/mol. The highest BCUT2D eigenvalue weighted by molar-refractivity contribution is 6.00. The van der Waals surface area contributed by atoms with Crippen molar-refractivity contribution >= 4 is 11.8 Å². The summed E-state index contributed by atoms with van der Waals surface area (Å²) in [4.78, 5) is 17.4. The largest absolute Gasteiger partial charge is 0.494 e. The number of aliphatic imine (C=N–C) groups is 1. The Morgan fingerprint density at radius 1 is 1.24 bits per heavy atom. The summed E-state index contributed by atoms with van der Waals surface area (Å²) in [6.07, 6.45) is 2.73. The second-order valence-corrected chi connectivity index (χ2v) is 7.59. The number of amides is 1. The highest BCUT2D eigenvalue weighted by Crippen LogP contribution is 2.27. The minimum absolute atomic E-state index is 0.0473. The molecule has 9 heteroatoms. The summed E-state index contributed by atoms with van der Waals surface area (Å²) in [6, 6.07) is 10.4. The number of benzene rings is 2. The fourth-order valence-electron chi connectivity index (χ4n) is 3.32. The SMILES string of the molecule is C=CC[C@@]1(C(=O)NNCCc2cc(F)cc(F)c2)COC(c2ccc(OCCCO)cc2)=N1. The Morgan fingerprint density at radius 3 is 2.64 bits per heavy atom. The molecule has 0 fully saturated rings. The van der Waals surface area contributed by atoms with Crippen molar-refractivity contribution in [3.8, 4) is 5.75 Å². The van der Waals surface area contributed by atoms with Gasteiger partial charge in [-0.2, -0.15) is 0 Å². The lowest BCUT2D eigenvalue weighted by atomic mass is 9.97. The minimum Gasteiger partial charge on any atom is -0.494 e. The smallest absolute Gasteiger partial charge is 0.266 e. The number of ether oxygens (including phenoxy) is 2. The number of carbonyl (C=O) groups is 1. The molecule has 1 aliphatic rings. The van der Waals surface area contributed by atoms with E-state index in [0.29, 0.717) is 42.2 Å². The van der Waals surface area contributed by atoms with Crippen LogP contribution in [0, 0.1) is 11.6 Å². The number of halogens is 2. The molecule has 7 nitrogen and oxygen atoms in total. The first kappa shape index (κ1) is 24.3. The molecular formula is C24H27F2N3O4.